The Morgan fingerprint density at radius 3 is 3.08 bits per heavy atom. The predicted octanol–water partition coefficient (Wildman–Crippen LogP) is 2.31. The molecule has 1 heterocycles. The summed E-state index contributed by atoms with van der Waals surface area (Å²) in [5.41, 5.74) is 1.28. The summed E-state index contributed by atoms with van der Waals surface area (Å²) < 4.78 is 10.8. The highest BCUT2D eigenvalue weighted by Crippen LogP contribution is 2.12. The van der Waals surface area contributed by atoms with Crippen LogP contribution in [0.1, 0.15) is 26.7 Å². The van der Waals surface area contributed by atoms with Crippen molar-refractivity contribution in [1.82, 2.24) is 0 Å². The van der Waals surface area contributed by atoms with Gasteiger partial charge in [-0.2, -0.15) is 0 Å². The van der Waals surface area contributed by atoms with Crippen molar-refractivity contribution < 1.29 is 9.47 Å². The molecule has 0 aliphatic carbocycles. The lowest BCUT2D eigenvalue weighted by molar-refractivity contribution is -0.127. The Kier molecular flexibility index (Phi) is 4.33. The molecule has 0 aromatic heterocycles. The predicted molar refractivity (Wildman–Crippen MR) is 48.7 cm³/mol. The first kappa shape index (κ1) is 9.75. The molecule has 0 N–H and O–H groups in total. The van der Waals surface area contributed by atoms with Crippen LogP contribution in [0.4, 0.5) is 0 Å². The molecule has 0 aromatic rings. The Labute approximate surface area is 74.6 Å². The standard InChI is InChI=1S/C10H17O2/c1-9(2)6-8-12-10-5-3-4-7-11-10/h5-6,10H,3-4,7-8H2,1-2H3. The third kappa shape index (κ3) is 3.88. The molecule has 2 nitrogen and oxygen atoms in total. The van der Waals surface area contributed by atoms with Gasteiger partial charge in [-0.25, -0.2) is 0 Å². The van der Waals surface area contributed by atoms with Crippen molar-refractivity contribution >= 4 is 0 Å². The van der Waals surface area contributed by atoms with Gasteiger partial charge in [0.05, 0.1) is 6.61 Å². The van der Waals surface area contributed by atoms with Crippen molar-refractivity contribution in [3.05, 3.63) is 18.1 Å². The van der Waals surface area contributed by atoms with E-state index in [4.69, 9.17) is 9.47 Å². The summed E-state index contributed by atoms with van der Waals surface area (Å²) in [6.45, 7) is 5.61. The highest BCUT2D eigenvalue weighted by molar-refractivity contribution is 4.93. The molecule has 1 unspecified atom stereocenters. The van der Waals surface area contributed by atoms with Crippen LogP contribution in [0, 0.1) is 6.42 Å². The summed E-state index contributed by atoms with van der Waals surface area (Å²) in [7, 11) is 0. The van der Waals surface area contributed by atoms with Crippen molar-refractivity contribution in [3.63, 3.8) is 0 Å². The molecular formula is C10H17O2. The third-order valence-electron chi connectivity index (χ3n) is 1.74. The largest absolute Gasteiger partial charge is 0.352 e. The van der Waals surface area contributed by atoms with E-state index in [1.54, 1.807) is 0 Å². The van der Waals surface area contributed by atoms with Gasteiger partial charge in [-0.3, -0.25) is 0 Å². The molecule has 1 aliphatic heterocycles. The monoisotopic (exact) mass is 169 g/mol. The molecule has 1 rings (SSSR count). The van der Waals surface area contributed by atoms with Gasteiger partial charge in [0.1, 0.15) is 0 Å². The van der Waals surface area contributed by atoms with Gasteiger partial charge in [-0.05, 0) is 26.7 Å². The van der Waals surface area contributed by atoms with Gasteiger partial charge in [0.25, 0.3) is 0 Å². The zero-order valence-corrected chi connectivity index (χ0v) is 7.88. The summed E-state index contributed by atoms with van der Waals surface area (Å²) in [5, 5.41) is 0. The second-order valence-electron chi connectivity index (χ2n) is 3.23. The van der Waals surface area contributed by atoms with Gasteiger partial charge in [-0.15, -0.1) is 0 Å². The molecule has 1 aliphatic rings. The van der Waals surface area contributed by atoms with Gasteiger partial charge in [0.15, 0.2) is 6.29 Å². The molecule has 0 aromatic carbocycles. The van der Waals surface area contributed by atoms with E-state index in [-0.39, 0.29) is 6.29 Å². The molecular weight excluding hydrogens is 152 g/mol. The topological polar surface area (TPSA) is 18.5 Å². The van der Waals surface area contributed by atoms with Crippen LogP contribution >= 0.6 is 0 Å². The second kappa shape index (κ2) is 5.33. The van der Waals surface area contributed by atoms with Crippen molar-refractivity contribution in [2.75, 3.05) is 13.2 Å². The van der Waals surface area contributed by atoms with E-state index >= 15 is 0 Å². The number of hydrogen-bond acceptors (Lipinski definition) is 2. The minimum atomic E-state index is -0.0747. The normalized spacial score (nSPS) is 23.7. The zero-order chi connectivity index (χ0) is 8.81. The van der Waals surface area contributed by atoms with Crippen LogP contribution in [-0.2, 0) is 9.47 Å². The lowest BCUT2D eigenvalue weighted by Gasteiger charge is -2.21. The second-order valence-corrected chi connectivity index (χ2v) is 3.23. The van der Waals surface area contributed by atoms with E-state index in [0.717, 1.165) is 19.4 Å². The molecule has 1 radical (unpaired) electrons. The molecule has 2 heteroatoms. The SMILES string of the molecule is CC(C)=CCOC1[CH]CCCO1. The molecule has 12 heavy (non-hydrogen) atoms. The van der Waals surface area contributed by atoms with Crippen LogP contribution in [-0.4, -0.2) is 19.5 Å². The van der Waals surface area contributed by atoms with Crippen molar-refractivity contribution in [3.8, 4) is 0 Å². The Morgan fingerprint density at radius 1 is 1.67 bits per heavy atom. The van der Waals surface area contributed by atoms with E-state index in [0.29, 0.717) is 6.61 Å². The lowest BCUT2D eigenvalue weighted by Crippen LogP contribution is -2.22. The highest BCUT2D eigenvalue weighted by Gasteiger charge is 2.12. The Morgan fingerprint density at radius 2 is 2.50 bits per heavy atom. The van der Waals surface area contributed by atoms with Gasteiger partial charge in [0.2, 0.25) is 0 Å². The Hall–Kier alpha value is -0.340. The Bertz CT molecular complexity index is 142. The highest BCUT2D eigenvalue weighted by atomic mass is 16.7. The third-order valence-corrected chi connectivity index (χ3v) is 1.74. The average Bonchev–Trinajstić information content (AvgIpc) is 2.05. The number of ether oxygens (including phenoxy) is 2. The smallest absolute Gasteiger partial charge is 0.161 e. The zero-order valence-electron chi connectivity index (χ0n) is 7.88. The van der Waals surface area contributed by atoms with E-state index in [1.807, 2.05) is 0 Å². The fourth-order valence-corrected chi connectivity index (χ4v) is 1.03. The Balaban J connectivity index is 2.09. The van der Waals surface area contributed by atoms with E-state index in [1.165, 1.54) is 5.57 Å². The minimum absolute atomic E-state index is 0.0747. The maximum Gasteiger partial charge on any atom is 0.161 e. The van der Waals surface area contributed by atoms with Crippen LogP contribution in [0.5, 0.6) is 0 Å². The quantitative estimate of drug-likeness (QED) is 0.603. The van der Waals surface area contributed by atoms with Crippen molar-refractivity contribution in [2.24, 2.45) is 0 Å². The van der Waals surface area contributed by atoms with Gasteiger partial charge in [-0.1, -0.05) is 11.6 Å². The van der Waals surface area contributed by atoms with Crippen LogP contribution in [0.15, 0.2) is 11.6 Å². The maximum atomic E-state index is 5.44. The summed E-state index contributed by atoms with van der Waals surface area (Å²) in [5.74, 6) is 0. The van der Waals surface area contributed by atoms with Gasteiger partial charge < -0.3 is 9.47 Å². The minimum Gasteiger partial charge on any atom is -0.352 e. The number of hydrogen-bond donors (Lipinski definition) is 0. The van der Waals surface area contributed by atoms with E-state index < -0.39 is 0 Å². The van der Waals surface area contributed by atoms with Crippen LogP contribution in [0.25, 0.3) is 0 Å². The first-order chi connectivity index (χ1) is 5.79. The van der Waals surface area contributed by atoms with Gasteiger partial charge >= 0.3 is 0 Å². The fourth-order valence-electron chi connectivity index (χ4n) is 1.03. The molecule has 69 valence electrons. The number of allylic oxidation sites excluding steroid dienone is 1. The molecule has 1 fully saturated rings. The van der Waals surface area contributed by atoms with E-state index in [2.05, 4.69) is 26.3 Å². The summed E-state index contributed by atoms with van der Waals surface area (Å²) in [6, 6.07) is 0. The van der Waals surface area contributed by atoms with Crippen LogP contribution in [0.3, 0.4) is 0 Å². The maximum absolute atomic E-state index is 5.44. The first-order valence-corrected chi connectivity index (χ1v) is 4.49. The molecule has 0 amide bonds. The molecule has 0 bridgehead atoms. The first-order valence-electron chi connectivity index (χ1n) is 4.49. The molecule has 1 atom stereocenters. The fraction of sp³-hybridized carbons (Fsp3) is 0.700. The lowest BCUT2D eigenvalue weighted by atomic mass is 10.2. The molecule has 1 saturated heterocycles. The van der Waals surface area contributed by atoms with E-state index in [9.17, 15) is 0 Å². The van der Waals surface area contributed by atoms with Gasteiger partial charge in [0, 0.05) is 13.0 Å². The van der Waals surface area contributed by atoms with Crippen molar-refractivity contribution in [2.45, 2.75) is 33.0 Å². The summed E-state index contributed by atoms with van der Waals surface area (Å²) in [6.07, 6.45) is 6.31. The average molecular weight is 169 g/mol. The summed E-state index contributed by atoms with van der Waals surface area (Å²) >= 11 is 0. The summed E-state index contributed by atoms with van der Waals surface area (Å²) in [4.78, 5) is 0. The van der Waals surface area contributed by atoms with Crippen LogP contribution in [0.2, 0.25) is 0 Å². The van der Waals surface area contributed by atoms with Crippen LogP contribution < -0.4 is 0 Å². The number of rotatable bonds is 3. The molecule has 0 saturated carbocycles. The molecule has 0 spiro atoms. The van der Waals surface area contributed by atoms with Crippen molar-refractivity contribution in [1.29, 1.82) is 0 Å².